The van der Waals surface area contributed by atoms with E-state index in [0.29, 0.717) is 33.5 Å². The fourth-order valence-corrected chi connectivity index (χ4v) is 3.42. The van der Waals surface area contributed by atoms with E-state index in [9.17, 15) is 9.59 Å². The molecule has 8 heteroatoms. The van der Waals surface area contributed by atoms with Gasteiger partial charge >= 0.3 is 0 Å². The third-order valence-electron chi connectivity index (χ3n) is 4.24. The van der Waals surface area contributed by atoms with Crippen LogP contribution >= 0.6 is 23.2 Å². The summed E-state index contributed by atoms with van der Waals surface area (Å²) in [6.07, 6.45) is 2.07. The highest BCUT2D eigenvalue weighted by molar-refractivity contribution is 6.35. The molecule has 6 nitrogen and oxygen atoms in total. The van der Waals surface area contributed by atoms with Crippen LogP contribution < -0.4 is 16.0 Å². The lowest BCUT2D eigenvalue weighted by atomic mass is 10.1. The Morgan fingerprint density at radius 2 is 1.86 bits per heavy atom. The van der Waals surface area contributed by atoms with Crippen molar-refractivity contribution in [2.24, 2.45) is 0 Å². The van der Waals surface area contributed by atoms with Crippen LogP contribution in [0.2, 0.25) is 10.0 Å². The predicted molar refractivity (Wildman–Crippen MR) is 111 cm³/mol. The van der Waals surface area contributed by atoms with E-state index in [4.69, 9.17) is 27.9 Å². The molecule has 0 spiro atoms. The van der Waals surface area contributed by atoms with Gasteiger partial charge in [-0.05, 0) is 49.2 Å². The molecule has 3 rings (SSSR count). The van der Waals surface area contributed by atoms with Crippen LogP contribution in [0, 0.1) is 0 Å². The Labute approximate surface area is 173 Å². The number of halogens is 2. The summed E-state index contributed by atoms with van der Waals surface area (Å²) in [5, 5.41) is 9.55. The van der Waals surface area contributed by atoms with Gasteiger partial charge in [-0.25, -0.2) is 0 Å². The van der Waals surface area contributed by atoms with E-state index in [0.717, 1.165) is 19.4 Å². The van der Waals surface area contributed by atoms with Gasteiger partial charge in [-0.2, -0.15) is 0 Å². The number of nitrogens with one attached hydrogen (secondary N) is 3. The molecule has 1 saturated heterocycles. The molecule has 28 heavy (non-hydrogen) atoms. The minimum atomic E-state index is -0.256. The molecule has 1 fully saturated rings. The monoisotopic (exact) mass is 421 g/mol. The van der Waals surface area contributed by atoms with E-state index in [1.165, 1.54) is 0 Å². The minimum Gasteiger partial charge on any atom is -0.376 e. The second kappa shape index (κ2) is 9.78. The standard InChI is InChI=1S/C20H21Cl2N3O3/c21-14-8-15(22)10-17(9-14)23-12-19(26)25-16-4-1-3-13(7-16)20(27)24-11-18-5-2-6-28-18/h1,3-4,7-10,18,23H,2,5-6,11-12H2,(H,24,27)(H,25,26). The molecule has 1 atom stereocenters. The Balaban J connectivity index is 1.51. The van der Waals surface area contributed by atoms with Crippen molar-refractivity contribution in [2.45, 2.75) is 18.9 Å². The van der Waals surface area contributed by atoms with Crippen molar-refractivity contribution >= 4 is 46.4 Å². The Morgan fingerprint density at radius 1 is 1.07 bits per heavy atom. The molecule has 0 saturated carbocycles. The van der Waals surface area contributed by atoms with Crippen molar-refractivity contribution in [3.8, 4) is 0 Å². The largest absolute Gasteiger partial charge is 0.376 e. The van der Waals surface area contributed by atoms with E-state index in [-0.39, 0.29) is 24.5 Å². The van der Waals surface area contributed by atoms with E-state index in [1.807, 2.05) is 0 Å². The van der Waals surface area contributed by atoms with E-state index in [2.05, 4.69) is 16.0 Å². The molecule has 2 aromatic rings. The number of carbonyl (C=O) groups excluding carboxylic acids is 2. The number of rotatable bonds is 7. The lowest BCUT2D eigenvalue weighted by molar-refractivity contribution is -0.114. The summed E-state index contributed by atoms with van der Waals surface area (Å²) in [4.78, 5) is 24.5. The first-order chi connectivity index (χ1) is 13.5. The summed E-state index contributed by atoms with van der Waals surface area (Å²) in [6, 6.07) is 11.8. The van der Waals surface area contributed by atoms with Crippen LogP contribution in [0.5, 0.6) is 0 Å². The molecular weight excluding hydrogens is 401 g/mol. The normalized spacial score (nSPS) is 15.9. The van der Waals surface area contributed by atoms with Crippen LogP contribution in [0.25, 0.3) is 0 Å². The quantitative estimate of drug-likeness (QED) is 0.631. The molecule has 0 aliphatic carbocycles. The third-order valence-corrected chi connectivity index (χ3v) is 4.67. The van der Waals surface area contributed by atoms with Gasteiger partial charge in [0.1, 0.15) is 0 Å². The highest BCUT2D eigenvalue weighted by Gasteiger charge is 2.17. The Kier molecular flexibility index (Phi) is 7.14. The molecule has 3 N–H and O–H groups in total. The van der Waals surface area contributed by atoms with Crippen LogP contribution in [-0.4, -0.2) is 37.6 Å². The van der Waals surface area contributed by atoms with Gasteiger partial charge in [0.05, 0.1) is 12.6 Å². The van der Waals surface area contributed by atoms with Crippen molar-refractivity contribution in [3.63, 3.8) is 0 Å². The molecule has 0 radical (unpaired) electrons. The van der Waals surface area contributed by atoms with Crippen LogP contribution in [0.1, 0.15) is 23.2 Å². The highest BCUT2D eigenvalue weighted by Crippen LogP contribution is 2.22. The van der Waals surface area contributed by atoms with Crippen molar-refractivity contribution in [2.75, 3.05) is 30.3 Å². The number of hydrogen-bond acceptors (Lipinski definition) is 4. The predicted octanol–water partition coefficient (Wildman–Crippen LogP) is 3.95. The number of ether oxygens (including phenoxy) is 1. The number of amides is 2. The topological polar surface area (TPSA) is 79.5 Å². The zero-order valence-corrected chi connectivity index (χ0v) is 16.6. The van der Waals surface area contributed by atoms with Gasteiger partial charge in [-0.3, -0.25) is 9.59 Å². The van der Waals surface area contributed by atoms with Crippen molar-refractivity contribution in [3.05, 3.63) is 58.1 Å². The maximum Gasteiger partial charge on any atom is 0.251 e. The van der Waals surface area contributed by atoms with Crippen LogP contribution in [0.4, 0.5) is 11.4 Å². The zero-order chi connectivity index (χ0) is 19.9. The number of carbonyl (C=O) groups is 2. The smallest absolute Gasteiger partial charge is 0.251 e. The van der Waals surface area contributed by atoms with Crippen molar-refractivity contribution < 1.29 is 14.3 Å². The van der Waals surface area contributed by atoms with Gasteiger partial charge in [0, 0.05) is 40.1 Å². The number of hydrogen-bond donors (Lipinski definition) is 3. The fraction of sp³-hybridized carbons (Fsp3) is 0.300. The summed E-state index contributed by atoms with van der Waals surface area (Å²) >= 11 is 11.9. The Hall–Kier alpha value is -2.28. The number of anilines is 2. The lowest BCUT2D eigenvalue weighted by Crippen LogP contribution is -2.31. The SMILES string of the molecule is O=C(CNc1cc(Cl)cc(Cl)c1)Nc1cccc(C(=O)NCC2CCCO2)c1. The molecule has 148 valence electrons. The molecule has 0 bridgehead atoms. The summed E-state index contributed by atoms with van der Waals surface area (Å²) in [6.45, 7) is 1.27. The van der Waals surface area contributed by atoms with Gasteiger partial charge in [-0.15, -0.1) is 0 Å². The van der Waals surface area contributed by atoms with Crippen LogP contribution in [0.3, 0.4) is 0 Å². The van der Waals surface area contributed by atoms with Gasteiger partial charge in [0.2, 0.25) is 5.91 Å². The van der Waals surface area contributed by atoms with E-state index in [1.54, 1.807) is 42.5 Å². The third kappa shape index (κ3) is 6.12. The lowest BCUT2D eigenvalue weighted by Gasteiger charge is -2.12. The second-order valence-corrected chi connectivity index (χ2v) is 7.36. The fourth-order valence-electron chi connectivity index (χ4n) is 2.90. The average Bonchev–Trinajstić information content (AvgIpc) is 3.17. The van der Waals surface area contributed by atoms with Gasteiger partial charge in [0.15, 0.2) is 0 Å². The highest BCUT2D eigenvalue weighted by atomic mass is 35.5. The van der Waals surface area contributed by atoms with E-state index < -0.39 is 0 Å². The van der Waals surface area contributed by atoms with Gasteiger partial charge in [0.25, 0.3) is 5.91 Å². The molecule has 1 unspecified atom stereocenters. The van der Waals surface area contributed by atoms with Crippen LogP contribution in [-0.2, 0) is 9.53 Å². The van der Waals surface area contributed by atoms with Gasteiger partial charge in [-0.1, -0.05) is 29.3 Å². The first-order valence-corrected chi connectivity index (χ1v) is 9.75. The van der Waals surface area contributed by atoms with Crippen LogP contribution in [0.15, 0.2) is 42.5 Å². The Bertz CT molecular complexity index is 834. The minimum absolute atomic E-state index is 0.0338. The Morgan fingerprint density at radius 3 is 2.57 bits per heavy atom. The van der Waals surface area contributed by atoms with Gasteiger partial charge < -0.3 is 20.7 Å². The molecule has 1 heterocycles. The van der Waals surface area contributed by atoms with Crippen molar-refractivity contribution in [1.29, 1.82) is 0 Å². The molecule has 1 aliphatic rings. The average molecular weight is 422 g/mol. The maximum atomic E-state index is 12.3. The van der Waals surface area contributed by atoms with Crippen molar-refractivity contribution in [1.82, 2.24) is 5.32 Å². The summed E-state index contributed by atoms with van der Waals surface area (Å²) in [5.41, 5.74) is 1.67. The molecule has 1 aliphatic heterocycles. The van der Waals surface area contributed by atoms with E-state index >= 15 is 0 Å². The molecular formula is C20H21Cl2N3O3. The summed E-state index contributed by atoms with van der Waals surface area (Å²) in [7, 11) is 0. The second-order valence-electron chi connectivity index (χ2n) is 6.49. The first-order valence-electron chi connectivity index (χ1n) is 8.99. The molecule has 2 amide bonds. The summed E-state index contributed by atoms with van der Waals surface area (Å²) < 4.78 is 5.50. The zero-order valence-electron chi connectivity index (χ0n) is 15.1. The molecule has 2 aromatic carbocycles. The summed E-state index contributed by atoms with van der Waals surface area (Å²) in [5.74, 6) is -0.452. The number of benzene rings is 2. The molecule has 0 aromatic heterocycles. The maximum absolute atomic E-state index is 12.3. The first kappa shape index (κ1) is 20.5.